The lowest BCUT2D eigenvalue weighted by Crippen LogP contribution is -2.07. The molecule has 0 aliphatic carbocycles. The second-order valence-electron chi connectivity index (χ2n) is 2.47. The minimum atomic E-state index is -0.468. The predicted molar refractivity (Wildman–Crippen MR) is 59.7 cm³/mol. The predicted octanol–water partition coefficient (Wildman–Crippen LogP) is 0.847. The van der Waals surface area contributed by atoms with Crippen molar-refractivity contribution in [3.63, 3.8) is 0 Å². The third kappa shape index (κ3) is 3.84. The van der Waals surface area contributed by atoms with Crippen LogP contribution in [0, 0.1) is 0 Å². The van der Waals surface area contributed by atoms with Gasteiger partial charge in [0.15, 0.2) is 0 Å². The van der Waals surface area contributed by atoms with Gasteiger partial charge in [0, 0.05) is 12.3 Å². The van der Waals surface area contributed by atoms with Gasteiger partial charge in [0.05, 0.1) is 11.2 Å². The molecule has 2 aromatic rings. The van der Waals surface area contributed by atoms with Crippen molar-refractivity contribution in [3.8, 4) is 0 Å². The quantitative estimate of drug-likeness (QED) is 0.735. The highest BCUT2D eigenvalue weighted by molar-refractivity contribution is 6.41. The molecule has 2 rings (SSSR count). The van der Waals surface area contributed by atoms with E-state index in [1.54, 1.807) is 6.07 Å². The molecule has 0 aliphatic rings. The standard InChI is InChI=1S/C4H2Cl2N2O.C4H4N2O/c5-2-1-7-8-4(9)3(2)6;7-4-2-1-3-5-6-4/h1H,(H,8,9);1-3H,(H,6,7). The van der Waals surface area contributed by atoms with Crippen molar-refractivity contribution in [3.05, 3.63) is 55.3 Å². The van der Waals surface area contributed by atoms with Crippen molar-refractivity contribution in [1.82, 2.24) is 20.4 Å². The van der Waals surface area contributed by atoms with Crippen LogP contribution in [0.2, 0.25) is 10.0 Å². The highest BCUT2D eigenvalue weighted by Crippen LogP contribution is 2.13. The fourth-order valence-electron chi connectivity index (χ4n) is 0.673. The van der Waals surface area contributed by atoms with E-state index in [0.29, 0.717) is 0 Å². The lowest BCUT2D eigenvalue weighted by atomic mass is 10.6. The highest BCUT2D eigenvalue weighted by Gasteiger charge is 1.99. The molecule has 2 heterocycles. The number of nitrogens with zero attached hydrogens (tertiary/aromatic N) is 2. The molecule has 0 amide bonds. The molecule has 0 spiro atoms. The molecule has 0 fully saturated rings. The third-order valence-corrected chi connectivity index (χ3v) is 2.09. The van der Waals surface area contributed by atoms with Crippen LogP contribution in [0.4, 0.5) is 0 Å². The molecule has 0 atom stereocenters. The van der Waals surface area contributed by atoms with Crippen molar-refractivity contribution < 1.29 is 0 Å². The Morgan fingerprint density at radius 3 is 2.25 bits per heavy atom. The first kappa shape index (κ1) is 12.4. The van der Waals surface area contributed by atoms with Gasteiger partial charge in [-0.2, -0.15) is 10.2 Å². The molecule has 2 aromatic heterocycles. The van der Waals surface area contributed by atoms with E-state index in [0.717, 1.165) is 0 Å². The van der Waals surface area contributed by atoms with Crippen molar-refractivity contribution >= 4 is 23.2 Å². The first-order valence-corrected chi connectivity index (χ1v) is 4.75. The van der Waals surface area contributed by atoms with Gasteiger partial charge in [-0.15, -0.1) is 0 Å². The Balaban J connectivity index is 0.000000165. The van der Waals surface area contributed by atoms with Crippen LogP contribution in [0.25, 0.3) is 0 Å². The molecule has 8 heteroatoms. The Kier molecular flexibility index (Phi) is 4.68. The summed E-state index contributed by atoms with van der Waals surface area (Å²) < 4.78 is 0. The van der Waals surface area contributed by atoms with E-state index in [1.807, 2.05) is 0 Å². The molecular weight excluding hydrogens is 255 g/mol. The lowest BCUT2D eigenvalue weighted by molar-refractivity contribution is 0.988. The number of aromatic amines is 2. The van der Waals surface area contributed by atoms with Gasteiger partial charge in [-0.3, -0.25) is 9.59 Å². The first-order valence-electron chi connectivity index (χ1n) is 3.99. The molecule has 6 nitrogen and oxygen atoms in total. The molecule has 84 valence electrons. The topological polar surface area (TPSA) is 91.5 Å². The van der Waals surface area contributed by atoms with E-state index < -0.39 is 5.56 Å². The number of H-pyrrole nitrogens is 2. The number of hydrogen-bond acceptors (Lipinski definition) is 4. The summed E-state index contributed by atoms with van der Waals surface area (Å²) in [6, 6.07) is 2.99. The third-order valence-electron chi connectivity index (χ3n) is 1.34. The van der Waals surface area contributed by atoms with Crippen molar-refractivity contribution in [2.45, 2.75) is 0 Å². The Labute approximate surface area is 99.2 Å². The van der Waals surface area contributed by atoms with Crippen LogP contribution in [0.3, 0.4) is 0 Å². The van der Waals surface area contributed by atoms with Crippen molar-refractivity contribution in [2.75, 3.05) is 0 Å². The highest BCUT2D eigenvalue weighted by atomic mass is 35.5. The minimum Gasteiger partial charge on any atom is -0.268 e. The van der Waals surface area contributed by atoms with E-state index in [2.05, 4.69) is 20.4 Å². The van der Waals surface area contributed by atoms with Crippen LogP contribution in [0.5, 0.6) is 0 Å². The SMILES string of the molecule is O=c1[nH]ncc(Cl)c1Cl.O=c1cccn[nH]1. The fourth-order valence-corrected chi connectivity index (χ4v) is 0.899. The number of aromatic nitrogens is 4. The molecular formula is C8H6Cl2N4O2. The van der Waals surface area contributed by atoms with Crippen molar-refractivity contribution in [2.24, 2.45) is 0 Å². The van der Waals surface area contributed by atoms with Gasteiger partial charge >= 0.3 is 0 Å². The van der Waals surface area contributed by atoms with Crippen LogP contribution in [-0.4, -0.2) is 20.4 Å². The average Bonchev–Trinajstić information content (AvgIpc) is 2.28. The summed E-state index contributed by atoms with van der Waals surface area (Å²) in [6.45, 7) is 0. The van der Waals surface area contributed by atoms with Crippen LogP contribution in [0.15, 0.2) is 34.1 Å². The van der Waals surface area contributed by atoms with Crippen LogP contribution < -0.4 is 11.1 Å². The Morgan fingerprint density at radius 2 is 1.88 bits per heavy atom. The molecule has 0 unspecified atom stereocenters. The summed E-state index contributed by atoms with van der Waals surface area (Å²) in [4.78, 5) is 20.7. The minimum absolute atomic E-state index is 0.0216. The van der Waals surface area contributed by atoms with Gasteiger partial charge in [-0.1, -0.05) is 23.2 Å². The smallest absolute Gasteiger partial charge is 0.268 e. The number of halogens is 2. The second kappa shape index (κ2) is 6.04. The number of nitrogens with one attached hydrogen (secondary N) is 2. The molecule has 2 N–H and O–H groups in total. The van der Waals surface area contributed by atoms with Gasteiger partial charge in [0.25, 0.3) is 11.1 Å². The molecule has 0 saturated heterocycles. The zero-order chi connectivity index (χ0) is 12.0. The van der Waals surface area contributed by atoms with Gasteiger partial charge < -0.3 is 0 Å². The van der Waals surface area contributed by atoms with Gasteiger partial charge in [-0.25, -0.2) is 10.2 Å². The van der Waals surface area contributed by atoms with Crippen molar-refractivity contribution in [1.29, 1.82) is 0 Å². The summed E-state index contributed by atoms with van der Waals surface area (Å²) in [7, 11) is 0. The lowest BCUT2D eigenvalue weighted by Gasteiger charge is -1.87. The summed E-state index contributed by atoms with van der Waals surface area (Å²) in [6.07, 6.45) is 2.78. The van der Waals surface area contributed by atoms with Gasteiger partial charge in [0.1, 0.15) is 5.02 Å². The van der Waals surface area contributed by atoms with E-state index in [-0.39, 0.29) is 15.6 Å². The zero-order valence-electron chi connectivity index (χ0n) is 7.78. The summed E-state index contributed by atoms with van der Waals surface area (Å²) >= 11 is 10.8. The normalized spacial score (nSPS) is 9.12. The molecule has 0 saturated carbocycles. The number of rotatable bonds is 0. The maximum absolute atomic E-state index is 10.5. The largest absolute Gasteiger partial charge is 0.284 e. The molecule has 0 aliphatic heterocycles. The molecule has 16 heavy (non-hydrogen) atoms. The maximum Gasteiger partial charge on any atom is 0.284 e. The fraction of sp³-hybridized carbons (Fsp3) is 0. The van der Waals surface area contributed by atoms with Gasteiger partial charge in [0.2, 0.25) is 0 Å². The summed E-state index contributed by atoms with van der Waals surface area (Å²) in [5.41, 5.74) is -0.633. The molecule has 0 radical (unpaired) electrons. The van der Waals surface area contributed by atoms with Crippen LogP contribution >= 0.6 is 23.2 Å². The maximum atomic E-state index is 10.5. The van der Waals surface area contributed by atoms with E-state index in [4.69, 9.17) is 23.2 Å². The Hall–Kier alpha value is -1.66. The first-order chi connectivity index (χ1) is 7.61. The zero-order valence-corrected chi connectivity index (χ0v) is 9.29. The van der Waals surface area contributed by atoms with Crippen LogP contribution in [-0.2, 0) is 0 Å². The average molecular weight is 261 g/mol. The molecule has 0 aromatic carbocycles. The second-order valence-corrected chi connectivity index (χ2v) is 3.26. The van der Waals surface area contributed by atoms with E-state index >= 15 is 0 Å². The Morgan fingerprint density at radius 1 is 1.12 bits per heavy atom. The molecule has 0 bridgehead atoms. The summed E-state index contributed by atoms with van der Waals surface area (Å²) in [5.74, 6) is 0. The van der Waals surface area contributed by atoms with Gasteiger partial charge in [-0.05, 0) is 6.07 Å². The van der Waals surface area contributed by atoms with Crippen LogP contribution in [0.1, 0.15) is 0 Å². The monoisotopic (exact) mass is 260 g/mol. The number of hydrogen-bond donors (Lipinski definition) is 2. The van der Waals surface area contributed by atoms with E-state index in [1.165, 1.54) is 18.5 Å². The Bertz CT molecular complexity index is 549. The van der Waals surface area contributed by atoms with E-state index in [9.17, 15) is 9.59 Å². The summed E-state index contributed by atoms with van der Waals surface area (Å²) in [5, 5.41) is 11.3.